The molecule has 234 valence electrons. The molecule has 0 aliphatic carbocycles. The van der Waals surface area contributed by atoms with E-state index < -0.39 is 0 Å². The molecule has 2 nitrogen and oxygen atoms in total. The van der Waals surface area contributed by atoms with Crippen molar-refractivity contribution in [2.75, 3.05) is 4.90 Å². The number of para-hydroxylation sites is 1. The first-order valence-corrected chi connectivity index (χ1v) is 17.7. The molecule has 9 aromatic carbocycles. The minimum Gasteiger partial charge on any atom is -0.456 e. The molecule has 10 aromatic rings. The van der Waals surface area contributed by atoms with Crippen LogP contribution >= 0.6 is 0 Å². The highest BCUT2D eigenvalue weighted by Crippen LogP contribution is 2.46. The van der Waals surface area contributed by atoms with Crippen LogP contribution in [0, 0.1) is 0 Å². The van der Waals surface area contributed by atoms with Crippen LogP contribution in [-0.2, 0) is 0 Å². The Labute approximate surface area is 294 Å². The molecule has 0 unspecified atom stereocenters. The molecule has 1 aromatic heterocycles. The van der Waals surface area contributed by atoms with E-state index in [-0.39, 0.29) is 6.71 Å². The lowest BCUT2D eigenvalue weighted by atomic mass is 9.37. The Morgan fingerprint density at radius 3 is 1.86 bits per heavy atom. The van der Waals surface area contributed by atoms with Gasteiger partial charge in [0, 0.05) is 27.8 Å². The number of hydrogen-bond donors (Lipinski definition) is 0. The predicted octanol–water partition coefficient (Wildman–Crippen LogP) is 11.0. The van der Waals surface area contributed by atoms with E-state index >= 15 is 0 Å². The molecule has 3 heterocycles. The van der Waals surface area contributed by atoms with Crippen LogP contribution in [0.25, 0.3) is 76.5 Å². The van der Waals surface area contributed by atoms with Crippen LogP contribution in [0.5, 0.6) is 0 Å². The van der Waals surface area contributed by atoms with Crippen LogP contribution in [0.15, 0.2) is 174 Å². The fraction of sp³-hybridized carbons (Fsp3) is 0. The Morgan fingerprint density at radius 2 is 1.06 bits per heavy atom. The Balaban J connectivity index is 1.23. The second-order valence-electron chi connectivity index (χ2n) is 14.1. The molecule has 3 heteroatoms. The zero-order valence-electron chi connectivity index (χ0n) is 27.6. The molecule has 0 saturated carbocycles. The smallest absolute Gasteiger partial charge is 0.248 e. The van der Waals surface area contributed by atoms with E-state index in [1.54, 1.807) is 0 Å². The summed E-state index contributed by atoms with van der Waals surface area (Å²) < 4.78 is 6.40. The van der Waals surface area contributed by atoms with Crippen LogP contribution in [0.1, 0.15) is 0 Å². The van der Waals surface area contributed by atoms with Gasteiger partial charge in [0.25, 0.3) is 0 Å². The van der Waals surface area contributed by atoms with E-state index in [4.69, 9.17) is 4.42 Å². The molecular weight excluding hydrogens is 617 g/mol. The summed E-state index contributed by atoms with van der Waals surface area (Å²) in [5.74, 6) is 0. The topological polar surface area (TPSA) is 16.4 Å². The molecule has 0 spiro atoms. The summed E-state index contributed by atoms with van der Waals surface area (Å²) in [6.07, 6.45) is 0. The molecule has 0 N–H and O–H groups in total. The fourth-order valence-electron chi connectivity index (χ4n) is 9.12. The van der Waals surface area contributed by atoms with E-state index in [1.165, 1.54) is 82.3 Å². The minimum absolute atomic E-state index is 0.116. The summed E-state index contributed by atoms with van der Waals surface area (Å²) in [5, 5.41) is 9.83. The Morgan fingerprint density at radius 1 is 0.412 bits per heavy atom. The lowest BCUT2D eigenvalue weighted by Crippen LogP contribution is -2.54. The van der Waals surface area contributed by atoms with Gasteiger partial charge in [-0.25, -0.2) is 0 Å². The summed E-state index contributed by atoms with van der Waals surface area (Å²) in [6, 6.07) is 62.7. The van der Waals surface area contributed by atoms with Crippen molar-refractivity contribution in [2.45, 2.75) is 0 Å². The van der Waals surface area contributed by atoms with Crippen molar-refractivity contribution < 1.29 is 4.42 Å². The highest BCUT2D eigenvalue weighted by atomic mass is 16.3. The SMILES string of the molecule is c1ccc2cc(N3c4cc5ccccc5cc4B4c5cc6ccccc6cc5-c5cc(-c6cccc7oc8ccccc8c67)cc3c54)ccc2c1. The number of fused-ring (bicyclic) bond motifs is 11. The van der Waals surface area contributed by atoms with E-state index in [1.807, 2.05) is 6.07 Å². The molecule has 0 bridgehead atoms. The van der Waals surface area contributed by atoms with Crippen molar-refractivity contribution in [1.82, 2.24) is 0 Å². The maximum atomic E-state index is 6.40. The van der Waals surface area contributed by atoms with Gasteiger partial charge in [-0.15, -0.1) is 0 Å². The normalized spacial score (nSPS) is 13.0. The maximum Gasteiger partial charge on any atom is 0.248 e. The van der Waals surface area contributed by atoms with E-state index in [0.29, 0.717) is 0 Å². The van der Waals surface area contributed by atoms with Crippen LogP contribution < -0.4 is 21.3 Å². The number of benzene rings is 9. The fourth-order valence-corrected chi connectivity index (χ4v) is 9.12. The first-order valence-electron chi connectivity index (χ1n) is 17.7. The predicted molar refractivity (Wildman–Crippen MR) is 216 cm³/mol. The van der Waals surface area contributed by atoms with Gasteiger partial charge in [0.1, 0.15) is 11.2 Å². The van der Waals surface area contributed by atoms with Crippen molar-refractivity contribution in [1.29, 1.82) is 0 Å². The van der Waals surface area contributed by atoms with E-state index in [0.717, 1.165) is 27.6 Å². The van der Waals surface area contributed by atoms with Gasteiger partial charge < -0.3 is 9.32 Å². The quantitative estimate of drug-likeness (QED) is 0.174. The number of nitrogens with zero attached hydrogens (tertiary/aromatic N) is 1. The van der Waals surface area contributed by atoms with Gasteiger partial charge in [-0.3, -0.25) is 0 Å². The molecule has 2 aliphatic rings. The highest BCUT2D eigenvalue weighted by molar-refractivity contribution is 7.01. The molecular formula is C48H28BNO. The van der Waals surface area contributed by atoms with Gasteiger partial charge in [-0.05, 0) is 114 Å². The second-order valence-corrected chi connectivity index (χ2v) is 14.1. The van der Waals surface area contributed by atoms with Crippen LogP contribution in [0.2, 0.25) is 0 Å². The average Bonchev–Trinajstić information content (AvgIpc) is 3.72. The Bertz CT molecular complexity index is 3120. The number of furan rings is 1. The van der Waals surface area contributed by atoms with Crippen molar-refractivity contribution in [2.24, 2.45) is 0 Å². The average molecular weight is 646 g/mol. The number of anilines is 3. The van der Waals surface area contributed by atoms with Crippen molar-refractivity contribution in [3.05, 3.63) is 170 Å². The van der Waals surface area contributed by atoms with Crippen LogP contribution in [-0.4, -0.2) is 6.71 Å². The molecule has 51 heavy (non-hydrogen) atoms. The summed E-state index contributed by atoms with van der Waals surface area (Å²) in [7, 11) is 0. The first-order chi connectivity index (χ1) is 25.3. The number of rotatable bonds is 2. The minimum atomic E-state index is 0.116. The van der Waals surface area contributed by atoms with Crippen molar-refractivity contribution in [3.8, 4) is 22.3 Å². The molecule has 2 aliphatic heterocycles. The third-order valence-corrected chi connectivity index (χ3v) is 11.4. The summed E-state index contributed by atoms with van der Waals surface area (Å²) in [6.45, 7) is 0.116. The molecule has 0 saturated heterocycles. The maximum absolute atomic E-state index is 6.40. The summed E-state index contributed by atoms with van der Waals surface area (Å²) in [4.78, 5) is 2.53. The third-order valence-electron chi connectivity index (χ3n) is 11.4. The Kier molecular flexibility index (Phi) is 5.35. The van der Waals surface area contributed by atoms with Gasteiger partial charge in [-0.2, -0.15) is 0 Å². The molecule has 0 amide bonds. The third kappa shape index (κ3) is 3.78. The van der Waals surface area contributed by atoms with Gasteiger partial charge in [0.2, 0.25) is 6.71 Å². The largest absolute Gasteiger partial charge is 0.456 e. The first kappa shape index (κ1) is 27.3. The standard InChI is InChI=1S/C48H28BNO/c1-2-11-30-22-36(21-20-29(30)10-1)50-43-27-34-15-6-5-14-33(34)26-42(43)49-41-25-32-13-4-3-12-31(32)23-39(41)40-24-35(28-44(50)48(40)49)37-17-9-19-46-47(37)38-16-7-8-18-45(38)51-46/h1-28H. The Hall–Kier alpha value is -6.58. The number of hydrogen-bond acceptors (Lipinski definition) is 2. The monoisotopic (exact) mass is 645 g/mol. The molecule has 0 radical (unpaired) electrons. The van der Waals surface area contributed by atoms with Crippen LogP contribution in [0.4, 0.5) is 17.1 Å². The van der Waals surface area contributed by atoms with Gasteiger partial charge in [0.05, 0.1) is 0 Å². The molecule has 12 rings (SSSR count). The van der Waals surface area contributed by atoms with E-state index in [2.05, 4.69) is 169 Å². The van der Waals surface area contributed by atoms with E-state index in [9.17, 15) is 0 Å². The van der Waals surface area contributed by atoms with Gasteiger partial charge >= 0.3 is 0 Å². The molecule has 0 fully saturated rings. The molecule has 0 atom stereocenters. The van der Waals surface area contributed by atoms with Gasteiger partial charge in [0.15, 0.2) is 0 Å². The van der Waals surface area contributed by atoms with Gasteiger partial charge in [-0.1, -0.05) is 127 Å². The summed E-state index contributed by atoms with van der Waals surface area (Å²) >= 11 is 0. The zero-order chi connectivity index (χ0) is 33.2. The second kappa shape index (κ2) is 10.00. The van der Waals surface area contributed by atoms with Crippen molar-refractivity contribution in [3.63, 3.8) is 0 Å². The highest BCUT2D eigenvalue weighted by Gasteiger charge is 2.43. The van der Waals surface area contributed by atoms with Crippen LogP contribution in [0.3, 0.4) is 0 Å². The summed E-state index contributed by atoms with van der Waals surface area (Å²) in [5.41, 5.74) is 14.6. The lowest BCUT2D eigenvalue weighted by molar-refractivity contribution is 0.669. The zero-order valence-corrected chi connectivity index (χ0v) is 27.6. The van der Waals surface area contributed by atoms with Crippen molar-refractivity contribution >= 4 is 94.4 Å². The lowest BCUT2D eigenvalue weighted by Gasteiger charge is -2.37.